The van der Waals surface area contributed by atoms with Crippen LogP contribution in [0.5, 0.6) is 17.2 Å². The van der Waals surface area contributed by atoms with Gasteiger partial charge in [-0.05, 0) is 19.1 Å². The minimum Gasteiger partial charge on any atom is -0.490 e. The van der Waals surface area contributed by atoms with E-state index in [4.69, 9.17) is 14.2 Å². The number of likely N-dealkylation sites (tertiary alicyclic amines) is 1. The van der Waals surface area contributed by atoms with Gasteiger partial charge in [0.1, 0.15) is 18.8 Å². The third-order valence-corrected chi connectivity index (χ3v) is 4.10. The Kier molecular flexibility index (Phi) is 5.78. The number of hydrogen-bond acceptors (Lipinski definition) is 6. The van der Waals surface area contributed by atoms with Gasteiger partial charge in [-0.1, -0.05) is 12.1 Å². The van der Waals surface area contributed by atoms with Crippen molar-refractivity contribution in [1.82, 2.24) is 14.7 Å². The topological polar surface area (TPSA) is 69.0 Å². The van der Waals surface area contributed by atoms with E-state index < -0.39 is 6.10 Å². The third kappa shape index (κ3) is 4.64. The summed E-state index contributed by atoms with van der Waals surface area (Å²) in [5.74, 6) is 2.17. The molecule has 0 unspecified atom stereocenters. The van der Waals surface area contributed by atoms with E-state index in [-0.39, 0.29) is 6.10 Å². The van der Waals surface area contributed by atoms with Gasteiger partial charge in [0.05, 0.1) is 19.0 Å². The number of rotatable bonds is 8. The lowest BCUT2D eigenvalue weighted by molar-refractivity contribution is 0.0736. The van der Waals surface area contributed by atoms with Crippen LogP contribution in [0.4, 0.5) is 0 Å². The molecule has 0 amide bonds. The van der Waals surface area contributed by atoms with Crippen molar-refractivity contribution in [2.75, 3.05) is 32.8 Å². The maximum atomic E-state index is 10.2. The van der Waals surface area contributed by atoms with Crippen molar-refractivity contribution < 1.29 is 19.3 Å². The summed E-state index contributed by atoms with van der Waals surface area (Å²) in [4.78, 5) is 2.13. The fraction of sp³-hybridized carbons (Fsp3) is 0.500. The standard InChI is InChI=1S/C18H25N3O4/c1-3-23-16-6-4-5-7-17(16)24-9-8-21-12-15(22)18(13-21)25-14-10-19-20(2)11-14/h4-7,10-11,15,18,22H,3,8-9,12-13H2,1-2H3/t15-,18-/m1/s1. The third-order valence-electron chi connectivity index (χ3n) is 4.10. The zero-order valence-corrected chi connectivity index (χ0v) is 14.7. The van der Waals surface area contributed by atoms with Gasteiger partial charge < -0.3 is 19.3 Å². The lowest BCUT2D eigenvalue weighted by Gasteiger charge is -2.17. The predicted molar refractivity (Wildman–Crippen MR) is 93.2 cm³/mol. The van der Waals surface area contributed by atoms with Crippen LogP contribution in [0, 0.1) is 0 Å². The molecular weight excluding hydrogens is 322 g/mol. The van der Waals surface area contributed by atoms with E-state index in [1.54, 1.807) is 17.1 Å². The van der Waals surface area contributed by atoms with Crippen molar-refractivity contribution in [2.45, 2.75) is 19.1 Å². The SMILES string of the molecule is CCOc1ccccc1OCCN1C[C@@H](O)[C@H](Oc2cnn(C)c2)C1. The van der Waals surface area contributed by atoms with Gasteiger partial charge in [0.2, 0.25) is 0 Å². The fourth-order valence-electron chi connectivity index (χ4n) is 2.89. The molecule has 0 saturated carbocycles. The number of aliphatic hydroxyl groups excluding tert-OH is 1. The molecule has 1 fully saturated rings. The molecule has 1 aliphatic rings. The molecule has 1 aliphatic heterocycles. The van der Waals surface area contributed by atoms with Crippen LogP contribution in [-0.2, 0) is 7.05 Å². The molecule has 7 heteroatoms. The number of nitrogens with zero attached hydrogens (tertiary/aromatic N) is 3. The molecule has 3 rings (SSSR count). The number of aliphatic hydroxyl groups is 1. The van der Waals surface area contributed by atoms with Gasteiger partial charge in [-0.25, -0.2) is 0 Å². The van der Waals surface area contributed by atoms with Gasteiger partial charge in [-0.2, -0.15) is 5.10 Å². The van der Waals surface area contributed by atoms with E-state index in [1.807, 2.05) is 38.2 Å². The molecule has 136 valence electrons. The maximum absolute atomic E-state index is 10.2. The number of aromatic nitrogens is 2. The Morgan fingerprint density at radius 3 is 2.64 bits per heavy atom. The van der Waals surface area contributed by atoms with E-state index in [0.717, 1.165) is 11.5 Å². The highest BCUT2D eigenvalue weighted by Gasteiger charge is 2.33. The zero-order valence-electron chi connectivity index (χ0n) is 14.7. The first-order chi connectivity index (χ1) is 12.2. The Morgan fingerprint density at radius 1 is 1.20 bits per heavy atom. The average molecular weight is 347 g/mol. The van der Waals surface area contributed by atoms with E-state index in [0.29, 0.717) is 38.6 Å². The normalized spacial score (nSPS) is 20.6. The second-order valence-electron chi connectivity index (χ2n) is 6.06. The monoisotopic (exact) mass is 347 g/mol. The molecule has 25 heavy (non-hydrogen) atoms. The molecule has 1 N–H and O–H groups in total. The average Bonchev–Trinajstić information content (AvgIpc) is 3.15. The summed E-state index contributed by atoms with van der Waals surface area (Å²) in [7, 11) is 1.83. The van der Waals surface area contributed by atoms with E-state index in [9.17, 15) is 5.11 Å². The quantitative estimate of drug-likeness (QED) is 0.777. The van der Waals surface area contributed by atoms with Crippen molar-refractivity contribution in [3.05, 3.63) is 36.7 Å². The van der Waals surface area contributed by atoms with Crippen molar-refractivity contribution in [1.29, 1.82) is 0 Å². The van der Waals surface area contributed by atoms with E-state index in [1.165, 1.54) is 0 Å². The second kappa shape index (κ2) is 8.22. The summed E-state index contributed by atoms with van der Waals surface area (Å²) in [5, 5.41) is 14.3. The van der Waals surface area contributed by atoms with Crippen molar-refractivity contribution in [2.24, 2.45) is 7.05 Å². The highest BCUT2D eigenvalue weighted by molar-refractivity contribution is 5.39. The predicted octanol–water partition coefficient (Wildman–Crippen LogP) is 1.32. The van der Waals surface area contributed by atoms with Crippen molar-refractivity contribution in [3.8, 4) is 17.2 Å². The molecule has 2 atom stereocenters. The van der Waals surface area contributed by atoms with Crippen LogP contribution in [0.3, 0.4) is 0 Å². The Hall–Kier alpha value is -2.25. The van der Waals surface area contributed by atoms with Crippen LogP contribution < -0.4 is 14.2 Å². The summed E-state index contributed by atoms with van der Waals surface area (Å²) in [6.07, 6.45) is 2.68. The fourth-order valence-corrected chi connectivity index (χ4v) is 2.89. The molecule has 2 heterocycles. The summed E-state index contributed by atoms with van der Waals surface area (Å²) >= 11 is 0. The molecule has 0 bridgehead atoms. The molecular formula is C18H25N3O4. The van der Waals surface area contributed by atoms with Crippen LogP contribution in [0.1, 0.15) is 6.92 Å². The molecule has 2 aromatic rings. The molecule has 0 spiro atoms. The zero-order chi connectivity index (χ0) is 17.6. The number of benzene rings is 1. The number of aryl methyl sites for hydroxylation is 1. The molecule has 1 saturated heterocycles. The largest absolute Gasteiger partial charge is 0.490 e. The summed E-state index contributed by atoms with van der Waals surface area (Å²) in [5.41, 5.74) is 0. The van der Waals surface area contributed by atoms with Gasteiger partial charge >= 0.3 is 0 Å². The lowest BCUT2D eigenvalue weighted by atomic mass is 10.3. The molecule has 1 aromatic carbocycles. The van der Waals surface area contributed by atoms with Gasteiger partial charge in [-0.3, -0.25) is 9.58 Å². The number of hydrogen-bond donors (Lipinski definition) is 1. The number of ether oxygens (including phenoxy) is 3. The van der Waals surface area contributed by atoms with Gasteiger partial charge in [0, 0.05) is 26.7 Å². The van der Waals surface area contributed by atoms with Crippen LogP contribution in [0.25, 0.3) is 0 Å². The van der Waals surface area contributed by atoms with Crippen LogP contribution >= 0.6 is 0 Å². The van der Waals surface area contributed by atoms with Crippen LogP contribution in [0.2, 0.25) is 0 Å². The first kappa shape index (κ1) is 17.6. The Bertz CT molecular complexity index is 676. The second-order valence-corrected chi connectivity index (χ2v) is 6.06. The summed E-state index contributed by atoms with van der Waals surface area (Å²) in [6, 6.07) is 7.65. The van der Waals surface area contributed by atoms with Gasteiger partial charge in [-0.15, -0.1) is 0 Å². The lowest BCUT2D eigenvalue weighted by Crippen LogP contribution is -2.30. The molecule has 0 radical (unpaired) electrons. The van der Waals surface area contributed by atoms with Gasteiger partial charge in [0.15, 0.2) is 17.2 Å². The summed E-state index contributed by atoms with van der Waals surface area (Å²) < 4.78 is 18.9. The smallest absolute Gasteiger partial charge is 0.161 e. The molecule has 0 aliphatic carbocycles. The number of β-amino-alcohol motifs (C(OH)–C–C–N with tert-alkyl or cyclic N) is 1. The number of para-hydroxylation sites is 2. The molecule has 1 aromatic heterocycles. The maximum Gasteiger partial charge on any atom is 0.161 e. The van der Waals surface area contributed by atoms with Gasteiger partial charge in [0.25, 0.3) is 0 Å². The van der Waals surface area contributed by atoms with E-state index >= 15 is 0 Å². The van der Waals surface area contributed by atoms with Crippen LogP contribution in [-0.4, -0.2) is 64.8 Å². The summed E-state index contributed by atoms with van der Waals surface area (Å²) in [6.45, 7) is 5.02. The van der Waals surface area contributed by atoms with E-state index in [2.05, 4.69) is 10.00 Å². The molecule has 7 nitrogen and oxygen atoms in total. The first-order valence-corrected chi connectivity index (χ1v) is 8.56. The highest BCUT2D eigenvalue weighted by Crippen LogP contribution is 2.26. The minimum absolute atomic E-state index is 0.250. The Labute approximate surface area is 147 Å². The van der Waals surface area contributed by atoms with Crippen molar-refractivity contribution in [3.63, 3.8) is 0 Å². The Balaban J connectivity index is 1.46. The highest BCUT2D eigenvalue weighted by atomic mass is 16.5. The Morgan fingerprint density at radius 2 is 1.96 bits per heavy atom. The van der Waals surface area contributed by atoms with Crippen LogP contribution in [0.15, 0.2) is 36.7 Å². The first-order valence-electron chi connectivity index (χ1n) is 8.56. The van der Waals surface area contributed by atoms with Crippen molar-refractivity contribution >= 4 is 0 Å². The minimum atomic E-state index is -0.518.